The van der Waals surface area contributed by atoms with Crippen molar-refractivity contribution in [2.45, 2.75) is 62.8 Å². The van der Waals surface area contributed by atoms with E-state index in [2.05, 4.69) is 22.0 Å². The lowest BCUT2D eigenvalue weighted by molar-refractivity contribution is -0.139. The van der Waals surface area contributed by atoms with E-state index in [9.17, 15) is 14.7 Å². The van der Waals surface area contributed by atoms with Crippen LogP contribution in [0.2, 0.25) is 0 Å². The predicted octanol–water partition coefficient (Wildman–Crippen LogP) is 1.02. The lowest BCUT2D eigenvalue weighted by Gasteiger charge is -2.40. The van der Waals surface area contributed by atoms with Gasteiger partial charge in [-0.05, 0) is 30.9 Å². The summed E-state index contributed by atoms with van der Waals surface area (Å²) >= 11 is 0. The van der Waals surface area contributed by atoms with Gasteiger partial charge in [0, 0.05) is 30.3 Å². The van der Waals surface area contributed by atoms with Crippen LogP contribution in [0.1, 0.15) is 49.3 Å². The summed E-state index contributed by atoms with van der Waals surface area (Å²) in [7, 11) is 0. The minimum absolute atomic E-state index is 0.00128. The highest BCUT2D eigenvalue weighted by atomic mass is 16.5. The summed E-state index contributed by atoms with van der Waals surface area (Å²) in [6.07, 6.45) is 5.09. The summed E-state index contributed by atoms with van der Waals surface area (Å²) in [5, 5.41) is 18.8. The zero-order valence-electron chi connectivity index (χ0n) is 15.4. The molecular weight excluding hydrogens is 346 g/mol. The number of aliphatic hydroxyl groups is 1. The first-order chi connectivity index (χ1) is 13.1. The van der Waals surface area contributed by atoms with Gasteiger partial charge in [-0.25, -0.2) is 0 Å². The minimum Gasteiger partial charge on any atom is -0.389 e. The number of carbonyl (C=O) groups excluding carboxylic acids is 2. The maximum Gasteiger partial charge on any atom is 0.309 e. The third-order valence-electron chi connectivity index (χ3n) is 5.80. The molecule has 0 aromatic heterocycles. The molecule has 7 nitrogen and oxygen atoms in total. The summed E-state index contributed by atoms with van der Waals surface area (Å²) in [5.41, 5.74) is 3.18. The molecule has 1 aliphatic carbocycles. The van der Waals surface area contributed by atoms with E-state index in [0.717, 1.165) is 48.9 Å². The molecule has 0 unspecified atom stereocenters. The fourth-order valence-corrected chi connectivity index (χ4v) is 4.25. The Morgan fingerprint density at radius 1 is 1.22 bits per heavy atom. The molecule has 2 fully saturated rings. The van der Waals surface area contributed by atoms with Crippen LogP contribution in [0, 0.1) is 0 Å². The van der Waals surface area contributed by atoms with E-state index in [4.69, 9.17) is 4.74 Å². The van der Waals surface area contributed by atoms with E-state index in [1.165, 1.54) is 0 Å². The van der Waals surface area contributed by atoms with Gasteiger partial charge >= 0.3 is 11.8 Å². The largest absolute Gasteiger partial charge is 0.389 e. The smallest absolute Gasteiger partial charge is 0.309 e. The van der Waals surface area contributed by atoms with Gasteiger partial charge in [-0.1, -0.05) is 25.0 Å². The SMILES string of the molecule is O=C(NCCc1ccc2c(c1)[C@@H]1C[C@H](N2)[C@H](O)CO1)C(=O)NC1CCCC1. The van der Waals surface area contributed by atoms with E-state index < -0.39 is 17.9 Å². The number of anilines is 1. The van der Waals surface area contributed by atoms with Gasteiger partial charge < -0.3 is 25.8 Å². The summed E-state index contributed by atoms with van der Waals surface area (Å²) in [6.45, 7) is 0.758. The van der Waals surface area contributed by atoms with Crippen molar-refractivity contribution in [3.63, 3.8) is 0 Å². The van der Waals surface area contributed by atoms with Gasteiger partial charge in [0.05, 0.1) is 24.9 Å². The molecule has 4 N–H and O–H groups in total. The van der Waals surface area contributed by atoms with Crippen molar-refractivity contribution in [3.05, 3.63) is 29.3 Å². The second-order valence-electron chi connectivity index (χ2n) is 7.76. The highest BCUT2D eigenvalue weighted by Gasteiger charge is 2.36. The van der Waals surface area contributed by atoms with Crippen LogP contribution in [0.5, 0.6) is 0 Å². The molecule has 1 aromatic carbocycles. The Kier molecular flexibility index (Phi) is 5.31. The molecule has 3 atom stereocenters. The Morgan fingerprint density at radius 3 is 2.85 bits per heavy atom. The van der Waals surface area contributed by atoms with Crippen molar-refractivity contribution in [1.29, 1.82) is 0 Å². The van der Waals surface area contributed by atoms with Crippen LogP contribution >= 0.6 is 0 Å². The van der Waals surface area contributed by atoms with Crippen molar-refractivity contribution >= 4 is 17.5 Å². The van der Waals surface area contributed by atoms with Crippen molar-refractivity contribution in [3.8, 4) is 0 Å². The van der Waals surface area contributed by atoms with E-state index >= 15 is 0 Å². The van der Waals surface area contributed by atoms with Crippen molar-refractivity contribution in [2.75, 3.05) is 18.5 Å². The monoisotopic (exact) mass is 373 g/mol. The number of hydrogen-bond acceptors (Lipinski definition) is 5. The second-order valence-corrected chi connectivity index (χ2v) is 7.76. The Labute approximate surface area is 158 Å². The average Bonchev–Trinajstić information content (AvgIpc) is 3.18. The lowest BCUT2D eigenvalue weighted by atomic mass is 9.89. The number of nitrogens with one attached hydrogen (secondary N) is 3. The number of amides is 2. The first kappa shape index (κ1) is 18.3. The molecule has 146 valence electrons. The Bertz CT molecular complexity index is 717. The molecule has 0 spiro atoms. The van der Waals surface area contributed by atoms with Crippen molar-refractivity contribution < 1.29 is 19.4 Å². The van der Waals surface area contributed by atoms with Gasteiger partial charge in [0.15, 0.2) is 0 Å². The van der Waals surface area contributed by atoms with Gasteiger partial charge in [0.1, 0.15) is 0 Å². The highest BCUT2D eigenvalue weighted by molar-refractivity contribution is 6.35. The third kappa shape index (κ3) is 4.09. The molecule has 27 heavy (non-hydrogen) atoms. The number of carbonyl (C=O) groups is 2. The van der Waals surface area contributed by atoms with Crippen LogP contribution in [0.3, 0.4) is 0 Å². The van der Waals surface area contributed by atoms with Crippen LogP contribution in [-0.4, -0.2) is 48.3 Å². The van der Waals surface area contributed by atoms with Crippen LogP contribution in [0.25, 0.3) is 0 Å². The Hall–Kier alpha value is -2.12. The number of fused-ring (bicyclic) bond motifs is 4. The normalized spacial score (nSPS) is 26.8. The maximum atomic E-state index is 11.9. The van der Waals surface area contributed by atoms with Gasteiger partial charge in [-0.15, -0.1) is 0 Å². The minimum atomic E-state index is -0.561. The number of rotatable bonds is 4. The molecule has 2 heterocycles. The first-order valence-electron chi connectivity index (χ1n) is 9.88. The van der Waals surface area contributed by atoms with E-state index in [-0.39, 0.29) is 18.2 Å². The molecule has 4 rings (SSSR count). The molecule has 1 saturated heterocycles. The molecule has 7 heteroatoms. The zero-order valence-corrected chi connectivity index (χ0v) is 15.4. The molecule has 3 aliphatic rings. The number of aliphatic hydroxyl groups excluding tert-OH is 1. The average molecular weight is 373 g/mol. The van der Waals surface area contributed by atoms with Crippen molar-refractivity contribution in [1.82, 2.24) is 10.6 Å². The van der Waals surface area contributed by atoms with Crippen LogP contribution in [-0.2, 0) is 20.7 Å². The van der Waals surface area contributed by atoms with Crippen LogP contribution in [0.15, 0.2) is 18.2 Å². The van der Waals surface area contributed by atoms with Gasteiger partial charge in [-0.2, -0.15) is 0 Å². The standard InChI is InChI=1S/C20H27N3O4/c24-17-11-27-18-10-16(17)23-15-6-5-12(9-14(15)18)7-8-21-19(25)20(26)22-13-3-1-2-4-13/h5-6,9,13,16-18,23-24H,1-4,7-8,10-11H2,(H,21,25)(H,22,26)/t16-,17+,18-/m0/s1. The summed E-state index contributed by atoms with van der Waals surface area (Å²) < 4.78 is 5.77. The highest BCUT2D eigenvalue weighted by Crippen LogP contribution is 2.39. The summed E-state index contributed by atoms with van der Waals surface area (Å²) in [4.78, 5) is 23.9. The molecular formula is C20H27N3O4. The quantitative estimate of drug-likeness (QED) is 0.591. The molecule has 1 saturated carbocycles. The maximum absolute atomic E-state index is 11.9. The molecule has 0 radical (unpaired) electrons. The molecule has 2 bridgehead atoms. The zero-order chi connectivity index (χ0) is 18.8. The second kappa shape index (κ2) is 7.86. The molecule has 1 aromatic rings. The Balaban J connectivity index is 1.29. The van der Waals surface area contributed by atoms with Crippen LogP contribution < -0.4 is 16.0 Å². The number of ether oxygens (including phenoxy) is 1. The topological polar surface area (TPSA) is 99.7 Å². The van der Waals surface area contributed by atoms with Gasteiger partial charge in [0.25, 0.3) is 0 Å². The fourth-order valence-electron chi connectivity index (χ4n) is 4.25. The van der Waals surface area contributed by atoms with E-state index in [1.54, 1.807) is 0 Å². The van der Waals surface area contributed by atoms with E-state index in [0.29, 0.717) is 19.6 Å². The molecule has 2 aliphatic heterocycles. The van der Waals surface area contributed by atoms with Gasteiger partial charge in [-0.3, -0.25) is 9.59 Å². The number of hydrogen-bond donors (Lipinski definition) is 4. The fraction of sp³-hybridized carbons (Fsp3) is 0.600. The Morgan fingerprint density at radius 2 is 2.04 bits per heavy atom. The van der Waals surface area contributed by atoms with Crippen LogP contribution in [0.4, 0.5) is 5.69 Å². The summed E-state index contributed by atoms with van der Waals surface area (Å²) in [5.74, 6) is -1.09. The van der Waals surface area contributed by atoms with Crippen molar-refractivity contribution in [2.24, 2.45) is 0 Å². The first-order valence-corrected chi connectivity index (χ1v) is 9.88. The lowest BCUT2D eigenvalue weighted by Crippen LogP contribution is -2.46. The number of benzene rings is 1. The third-order valence-corrected chi connectivity index (χ3v) is 5.80. The van der Waals surface area contributed by atoms with Gasteiger partial charge in [0.2, 0.25) is 0 Å². The summed E-state index contributed by atoms with van der Waals surface area (Å²) in [6, 6.07) is 6.28. The predicted molar refractivity (Wildman–Crippen MR) is 100 cm³/mol. The molecule has 2 amide bonds. The van der Waals surface area contributed by atoms with E-state index in [1.807, 2.05) is 12.1 Å².